The molecule has 0 aliphatic carbocycles. The van der Waals surface area contributed by atoms with Crippen molar-refractivity contribution in [1.82, 2.24) is 0 Å². The Kier molecular flexibility index (Phi) is 12.7. The first kappa shape index (κ1) is 20.6. The lowest BCUT2D eigenvalue weighted by atomic mass is 10.1. The highest BCUT2D eigenvalue weighted by Gasteiger charge is 2.06. The summed E-state index contributed by atoms with van der Waals surface area (Å²) < 4.78 is 10.0. The van der Waals surface area contributed by atoms with Crippen LogP contribution >= 0.6 is 0 Å². The maximum atomic E-state index is 11.1. The number of methoxy groups -OCH3 is 1. The minimum Gasteiger partial charge on any atom is -0.508 e. The number of phenolic OH excluding ortho intramolecular Hbond substituents is 1. The fourth-order valence-corrected chi connectivity index (χ4v) is 1.40. The molecule has 0 heterocycles. The minimum absolute atomic E-state index is 0. The average Bonchev–Trinajstić information content (AvgIpc) is 2.40. The predicted molar refractivity (Wildman–Crippen MR) is 82.3 cm³/mol. The molecule has 0 unspecified atom stereocenters. The molecular formula is C16H28O4. The number of phenols is 1. The Balaban J connectivity index is 0. The summed E-state index contributed by atoms with van der Waals surface area (Å²) in [5.74, 6) is 0.338. The van der Waals surface area contributed by atoms with E-state index in [2.05, 4.69) is 11.7 Å². The van der Waals surface area contributed by atoms with Crippen LogP contribution in [0.2, 0.25) is 0 Å². The number of rotatable bonds is 6. The molecule has 4 nitrogen and oxygen atoms in total. The van der Waals surface area contributed by atoms with Crippen molar-refractivity contribution < 1.29 is 19.4 Å². The Labute approximate surface area is 122 Å². The zero-order chi connectivity index (χ0) is 14.7. The molecule has 0 aliphatic rings. The van der Waals surface area contributed by atoms with Crippen LogP contribution in [0.25, 0.3) is 0 Å². The van der Waals surface area contributed by atoms with E-state index in [9.17, 15) is 9.90 Å². The average molecular weight is 284 g/mol. The lowest BCUT2D eigenvalue weighted by molar-refractivity contribution is -0.139. The van der Waals surface area contributed by atoms with Crippen LogP contribution in [0.4, 0.5) is 0 Å². The van der Waals surface area contributed by atoms with Gasteiger partial charge in [-0.3, -0.25) is 4.79 Å². The number of carbonyl (C=O) groups excluding carboxylic acids is 1. The third-order valence-electron chi connectivity index (χ3n) is 2.29. The minimum atomic E-state index is -0.338. The van der Waals surface area contributed by atoms with Crippen molar-refractivity contribution >= 4 is 5.97 Å². The molecule has 20 heavy (non-hydrogen) atoms. The zero-order valence-corrected chi connectivity index (χ0v) is 12.2. The van der Waals surface area contributed by atoms with Gasteiger partial charge in [-0.15, -0.1) is 0 Å². The summed E-state index contributed by atoms with van der Waals surface area (Å²) in [5.41, 5.74) is 0.684. The van der Waals surface area contributed by atoms with Crippen molar-refractivity contribution in [2.45, 2.75) is 47.5 Å². The Morgan fingerprint density at radius 2 is 1.90 bits per heavy atom. The number of hydrogen-bond donors (Lipinski definition) is 1. The first-order chi connectivity index (χ1) is 9.15. The van der Waals surface area contributed by atoms with E-state index in [1.807, 2.05) is 13.8 Å². The zero-order valence-electron chi connectivity index (χ0n) is 12.2. The van der Waals surface area contributed by atoms with Crippen LogP contribution in [0.3, 0.4) is 0 Å². The molecule has 0 aliphatic heterocycles. The molecule has 0 amide bonds. The van der Waals surface area contributed by atoms with E-state index in [1.165, 1.54) is 19.2 Å². The fourth-order valence-electron chi connectivity index (χ4n) is 1.40. The topological polar surface area (TPSA) is 55.8 Å². The largest absolute Gasteiger partial charge is 0.508 e. The second kappa shape index (κ2) is 12.3. The first-order valence-corrected chi connectivity index (χ1v) is 6.68. The number of ether oxygens (including phenoxy) is 2. The van der Waals surface area contributed by atoms with Gasteiger partial charge in [-0.2, -0.15) is 0 Å². The van der Waals surface area contributed by atoms with Crippen LogP contribution in [-0.2, 0) is 16.0 Å². The molecule has 0 fully saturated rings. The van der Waals surface area contributed by atoms with Crippen molar-refractivity contribution in [3.63, 3.8) is 0 Å². The monoisotopic (exact) mass is 284 g/mol. The van der Waals surface area contributed by atoms with Crippen molar-refractivity contribution in [3.05, 3.63) is 23.8 Å². The van der Waals surface area contributed by atoms with Gasteiger partial charge in [-0.1, -0.05) is 34.6 Å². The molecular weight excluding hydrogens is 256 g/mol. The molecule has 0 atom stereocenters. The second-order valence-electron chi connectivity index (χ2n) is 3.79. The van der Waals surface area contributed by atoms with E-state index < -0.39 is 0 Å². The summed E-state index contributed by atoms with van der Waals surface area (Å²) in [5, 5.41) is 9.50. The van der Waals surface area contributed by atoms with Crippen molar-refractivity contribution in [1.29, 1.82) is 0 Å². The third kappa shape index (κ3) is 8.40. The van der Waals surface area contributed by atoms with Gasteiger partial charge in [0.25, 0.3) is 0 Å². The third-order valence-corrected chi connectivity index (χ3v) is 2.29. The molecule has 1 aromatic rings. The summed E-state index contributed by atoms with van der Waals surface area (Å²) >= 11 is 0. The highest BCUT2D eigenvalue weighted by atomic mass is 16.5. The van der Waals surface area contributed by atoms with E-state index in [0.717, 1.165) is 12.8 Å². The number of aromatic hydroxyl groups is 1. The summed E-state index contributed by atoms with van der Waals surface area (Å²) in [4.78, 5) is 11.1. The molecule has 4 heteroatoms. The van der Waals surface area contributed by atoms with Gasteiger partial charge >= 0.3 is 5.97 Å². The van der Waals surface area contributed by atoms with Gasteiger partial charge in [-0.25, -0.2) is 0 Å². The normalized spacial score (nSPS) is 8.80. The number of unbranched alkanes of at least 4 members (excludes halogenated alkanes) is 1. The lowest BCUT2D eigenvalue weighted by Gasteiger charge is -2.08. The van der Waals surface area contributed by atoms with Gasteiger partial charge in [0.05, 0.1) is 20.1 Å². The number of carbonyl (C=O) groups is 1. The molecule has 0 saturated heterocycles. The molecule has 116 valence electrons. The van der Waals surface area contributed by atoms with E-state index in [0.29, 0.717) is 17.9 Å². The quantitative estimate of drug-likeness (QED) is 0.635. The van der Waals surface area contributed by atoms with Crippen LogP contribution in [0.15, 0.2) is 18.2 Å². The molecule has 1 rings (SSSR count). The molecule has 0 aromatic heterocycles. The van der Waals surface area contributed by atoms with Crippen molar-refractivity contribution in [2.75, 3.05) is 13.7 Å². The summed E-state index contributed by atoms with van der Waals surface area (Å²) in [6.07, 6.45) is 2.14. The molecule has 0 bridgehead atoms. The van der Waals surface area contributed by atoms with Crippen molar-refractivity contribution in [3.8, 4) is 11.5 Å². The van der Waals surface area contributed by atoms with Crippen LogP contribution in [0, 0.1) is 0 Å². The number of esters is 1. The summed E-state index contributed by atoms with van der Waals surface area (Å²) in [6.45, 7) is 6.69. The van der Waals surface area contributed by atoms with Gasteiger partial charge in [0.1, 0.15) is 11.5 Å². The Morgan fingerprint density at radius 3 is 2.45 bits per heavy atom. The van der Waals surface area contributed by atoms with Crippen molar-refractivity contribution in [2.24, 2.45) is 0 Å². The van der Waals surface area contributed by atoms with E-state index in [-0.39, 0.29) is 25.6 Å². The molecule has 1 N–H and O–H groups in total. The summed E-state index contributed by atoms with van der Waals surface area (Å²) in [6, 6.07) is 4.81. The molecule has 1 aromatic carbocycles. The smallest absolute Gasteiger partial charge is 0.309 e. The van der Waals surface area contributed by atoms with Gasteiger partial charge in [-0.05, 0) is 24.1 Å². The van der Waals surface area contributed by atoms with Crippen LogP contribution in [0.1, 0.15) is 46.6 Å². The maximum absolute atomic E-state index is 11.1. The fraction of sp³-hybridized carbons (Fsp3) is 0.562. The van der Waals surface area contributed by atoms with E-state index in [1.54, 1.807) is 6.07 Å². The second-order valence-corrected chi connectivity index (χ2v) is 3.79. The SMILES string of the molecule is C.CC.CCCCOc1cc(O)cc(CC(=O)OC)c1. The van der Waals surface area contributed by atoms with Gasteiger partial charge in [0.2, 0.25) is 0 Å². The Morgan fingerprint density at radius 1 is 1.25 bits per heavy atom. The first-order valence-electron chi connectivity index (χ1n) is 6.68. The highest BCUT2D eigenvalue weighted by Crippen LogP contribution is 2.22. The number of benzene rings is 1. The predicted octanol–water partition coefficient (Wildman–Crippen LogP) is 3.95. The van der Waals surface area contributed by atoms with E-state index >= 15 is 0 Å². The molecule has 0 radical (unpaired) electrons. The Hall–Kier alpha value is -1.71. The standard InChI is InChI=1S/C13H18O4.C2H6.CH4/c1-3-4-5-17-12-7-10(6-11(14)9-12)8-13(15)16-2;1-2;/h6-7,9,14H,3-5,8H2,1-2H3;1-2H3;1H4. The Bertz CT molecular complexity index is 375. The highest BCUT2D eigenvalue weighted by molar-refractivity contribution is 5.72. The van der Waals surface area contributed by atoms with Gasteiger partial charge in [0, 0.05) is 6.07 Å². The van der Waals surface area contributed by atoms with E-state index in [4.69, 9.17) is 4.74 Å². The van der Waals surface area contributed by atoms with Crippen LogP contribution in [-0.4, -0.2) is 24.8 Å². The van der Waals surface area contributed by atoms with Gasteiger partial charge < -0.3 is 14.6 Å². The maximum Gasteiger partial charge on any atom is 0.309 e. The lowest BCUT2D eigenvalue weighted by Crippen LogP contribution is -2.05. The van der Waals surface area contributed by atoms with Crippen LogP contribution in [0.5, 0.6) is 11.5 Å². The molecule has 0 saturated carbocycles. The number of hydrogen-bond acceptors (Lipinski definition) is 4. The summed E-state index contributed by atoms with van der Waals surface area (Å²) in [7, 11) is 1.34. The van der Waals surface area contributed by atoms with Gasteiger partial charge in [0.15, 0.2) is 0 Å². The molecule has 0 spiro atoms. The van der Waals surface area contributed by atoms with Crippen LogP contribution < -0.4 is 4.74 Å².